The van der Waals surface area contributed by atoms with E-state index in [4.69, 9.17) is 0 Å². The summed E-state index contributed by atoms with van der Waals surface area (Å²) in [5.41, 5.74) is 23.0. The van der Waals surface area contributed by atoms with E-state index < -0.39 is 5.66 Å². The van der Waals surface area contributed by atoms with E-state index in [-0.39, 0.29) is 5.92 Å². The molecule has 0 bridgehead atoms. The minimum atomic E-state index is -0.886. The lowest BCUT2D eigenvalue weighted by Gasteiger charge is -2.55. The molecule has 0 radical (unpaired) electrons. The molecule has 0 heterocycles. The summed E-state index contributed by atoms with van der Waals surface area (Å²) >= 11 is 1.78. The first-order valence-electron chi connectivity index (χ1n) is 22.7. The molecule has 0 saturated heterocycles. The summed E-state index contributed by atoms with van der Waals surface area (Å²) in [6.45, 7) is 20.7. The fourth-order valence-corrected chi connectivity index (χ4v) is 9.62. The topological polar surface area (TPSA) is 63.4 Å². The molecule has 5 aromatic rings. The maximum atomic E-state index is 4.42. The van der Waals surface area contributed by atoms with Crippen LogP contribution in [0.15, 0.2) is 149 Å². The van der Waals surface area contributed by atoms with Crippen molar-refractivity contribution in [1.82, 2.24) is 5.12 Å². The summed E-state index contributed by atoms with van der Waals surface area (Å²) in [4.78, 5) is 1.21. The Bertz CT molecular complexity index is 2230. The molecule has 5 aromatic carbocycles. The zero-order chi connectivity index (χ0) is 43.5. The van der Waals surface area contributed by atoms with Crippen LogP contribution in [-0.4, -0.2) is 17.0 Å². The summed E-state index contributed by atoms with van der Waals surface area (Å²) in [6, 6.07) is 44.1. The molecule has 1 aliphatic carbocycles. The second-order valence-electron chi connectivity index (χ2n) is 16.8. The van der Waals surface area contributed by atoms with Crippen LogP contribution < -0.4 is 26.8 Å². The quantitative estimate of drug-likeness (QED) is 0.0304. The van der Waals surface area contributed by atoms with E-state index >= 15 is 0 Å². The average molecular weight is 835 g/mol. The fraction of sp³-hybridized carbons (Fsp3) is 0.370. The highest BCUT2D eigenvalue weighted by Gasteiger charge is 2.54. The maximum absolute atomic E-state index is 4.42. The van der Waals surface area contributed by atoms with Gasteiger partial charge in [0.1, 0.15) is 0 Å². The van der Waals surface area contributed by atoms with E-state index in [0.29, 0.717) is 11.8 Å². The molecule has 6 rings (SSSR count). The van der Waals surface area contributed by atoms with Gasteiger partial charge in [0.25, 0.3) is 0 Å². The van der Waals surface area contributed by atoms with Gasteiger partial charge in [-0.3, -0.25) is 10.9 Å². The van der Waals surface area contributed by atoms with Crippen molar-refractivity contribution in [3.63, 3.8) is 0 Å². The highest BCUT2D eigenvalue weighted by Crippen LogP contribution is 2.51. The zero-order valence-corrected chi connectivity index (χ0v) is 39.2. The SMILES string of the molecule is CCCC1=C(Nc2ccc(CC)cc2)C(CC)C(Nc2ccccc2CC)(N(Nc2ccccc2)Nc2c(C(C)C)cccc2C(C)C)C(CC)=C1Nc1ccccc1SC. The fourth-order valence-electron chi connectivity index (χ4n) is 9.07. The number of nitrogens with zero attached hydrogens (tertiary/aromatic N) is 1. The molecule has 0 fully saturated rings. The molecule has 2 unspecified atom stereocenters. The summed E-state index contributed by atoms with van der Waals surface area (Å²) < 4.78 is 0. The lowest BCUT2D eigenvalue weighted by atomic mass is 9.71. The van der Waals surface area contributed by atoms with Crippen molar-refractivity contribution in [3.05, 3.63) is 166 Å². The van der Waals surface area contributed by atoms with Crippen molar-refractivity contribution in [3.8, 4) is 0 Å². The van der Waals surface area contributed by atoms with Crippen LogP contribution in [0.1, 0.15) is 122 Å². The van der Waals surface area contributed by atoms with Gasteiger partial charge in [-0.05, 0) is 126 Å². The summed E-state index contributed by atoms with van der Waals surface area (Å²) in [5, 5.41) is 15.1. The number of para-hydroxylation sites is 4. The van der Waals surface area contributed by atoms with Crippen molar-refractivity contribution < 1.29 is 0 Å². The van der Waals surface area contributed by atoms with E-state index in [1.165, 1.54) is 44.0 Å². The Balaban J connectivity index is 1.77. The Morgan fingerprint density at radius 1 is 0.623 bits per heavy atom. The number of hydrogen-bond donors (Lipinski definition) is 5. The van der Waals surface area contributed by atoms with Crippen molar-refractivity contribution >= 4 is 40.2 Å². The van der Waals surface area contributed by atoms with Gasteiger partial charge in [-0.2, -0.15) is 0 Å². The standard InChI is InChI=1S/C54H70N6S/c1-11-24-45-52(55-41-35-33-39(12-2)34-36-41)46(14-4)54(57-48-30-20-19-25-40(48)13-3,47(15-5)53(45)56-49-31-21-22-32-50(49)61-10)60(58-42-26-17-16-18-27-42)59-51-43(37(6)7)28-23-29-44(51)38(8)9/h16-23,25-38,46,55-59H,11-15,24H2,1-10H3. The minimum absolute atomic E-state index is 0.0708. The van der Waals surface area contributed by atoms with Crippen LogP contribution >= 0.6 is 11.8 Å². The molecule has 7 heteroatoms. The Hall–Kier alpha value is -5.11. The molecule has 2 atom stereocenters. The Morgan fingerprint density at radius 2 is 1.26 bits per heavy atom. The zero-order valence-electron chi connectivity index (χ0n) is 38.4. The molecule has 0 spiro atoms. The summed E-state index contributed by atoms with van der Waals surface area (Å²) in [5.74, 6) is 0.510. The Labute approximate surface area is 372 Å². The van der Waals surface area contributed by atoms with Crippen LogP contribution in [0.4, 0.5) is 28.4 Å². The third-order valence-corrected chi connectivity index (χ3v) is 13.0. The van der Waals surface area contributed by atoms with Crippen molar-refractivity contribution in [2.45, 2.75) is 123 Å². The van der Waals surface area contributed by atoms with E-state index in [1.54, 1.807) is 11.8 Å². The lowest BCUT2D eigenvalue weighted by Crippen LogP contribution is -2.67. The van der Waals surface area contributed by atoms with Gasteiger partial charge in [0.15, 0.2) is 5.66 Å². The third-order valence-electron chi connectivity index (χ3n) is 12.2. The minimum Gasteiger partial charge on any atom is -0.360 e. The van der Waals surface area contributed by atoms with E-state index in [9.17, 15) is 0 Å². The molecule has 61 heavy (non-hydrogen) atoms. The number of hydrogen-bond acceptors (Lipinski definition) is 7. The van der Waals surface area contributed by atoms with Crippen molar-refractivity contribution in [2.24, 2.45) is 5.92 Å². The van der Waals surface area contributed by atoms with Crippen LogP contribution in [0.25, 0.3) is 0 Å². The molecule has 0 saturated carbocycles. The van der Waals surface area contributed by atoms with Gasteiger partial charge < -0.3 is 16.0 Å². The van der Waals surface area contributed by atoms with Crippen molar-refractivity contribution in [2.75, 3.05) is 33.1 Å². The largest absolute Gasteiger partial charge is 0.360 e. The van der Waals surface area contributed by atoms with E-state index in [1.807, 2.05) is 0 Å². The number of anilines is 5. The number of rotatable bonds is 20. The maximum Gasteiger partial charge on any atom is 0.161 e. The van der Waals surface area contributed by atoms with Gasteiger partial charge in [-0.15, -0.1) is 16.9 Å². The van der Waals surface area contributed by atoms with Crippen molar-refractivity contribution in [1.29, 1.82) is 0 Å². The van der Waals surface area contributed by atoms with Gasteiger partial charge in [0.2, 0.25) is 0 Å². The van der Waals surface area contributed by atoms with Crippen LogP contribution in [0.5, 0.6) is 0 Å². The first kappa shape index (κ1) is 45.4. The third kappa shape index (κ3) is 9.84. The average Bonchev–Trinajstić information content (AvgIpc) is 3.28. The molecule has 0 aromatic heterocycles. The Morgan fingerprint density at radius 3 is 1.85 bits per heavy atom. The lowest BCUT2D eigenvalue weighted by molar-refractivity contribution is 0.147. The first-order chi connectivity index (χ1) is 29.6. The molecule has 0 amide bonds. The molecular weight excluding hydrogens is 765 g/mol. The number of thioether (sulfide) groups is 1. The van der Waals surface area contributed by atoms with Crippen LogP contribution in [0.2, 0.25) is 0 Å². The normalized spacial score (nSPS) is 16.7. The predicted octanol–water partition coefficient (Wildman–Crippen LogP) is 15.2. The summed E-state index contributed by atoms with van der Waals surface area (Å²) in [7, 11) is 0. The Kier molecular flexibility index (Phi) is 15.7. The van der Waals surface area contributed by atoms with Gasteiger partial charge in [0, 0.05) is 33.6 Å². The predicted molar refractivity (Wildman–Crippen MR) is 267 cm³/mol. The second kappa shape index (κ2) is 21.1. The molecule has 0 aliphatic heterocycles. The number of benzene rings is 5. The first-order valence-corrected chi connectivity index (χ1v) is 24.0. The molecule has 322 valence electrons. The van der Waals surface area contributed by atoms with Crippen LogP contribution in [-0.2, 0) is 12.8 Å². The van der Waals surface area contributed by atoms with E-state index in [0.717, 1.165) is 72.7 Å². The molecule has 1 aliphatic rings. The second-order valence-corrected chi connectivity index (χ2v) is 17.6. The highest BCUT2D eigenvalue weighted by atomic mass is 32.2. The summed E-state index contributed by atoms with van der Waals surface area (Å²) in [6.07, 6.45) is 7.60. The van der Waals surface area contributed by atoms with Gasteiger partial charge in [-0.1, -0.05) is 148 Å². The van der Waals surface area contributed by atoms with Gasteiger partial charge >= 0.3 is 0 Å². The number of nitrogens with one attached hydrogen (secondary N) is 5. The number of allylic oxidation sites excluding steroid dienone is 1. The monoisotopic (exact) mass is 835 g/mol. The molecule has 5 N–H and O–H groups in total. The van der Waals surface area contributed by atoms with Crippen LogP contribution in [0, 0.1) is 5.92 Å². The van der Waals surface area contributed by atoms with E-state index in [2.05, 4.69) is 222 Å². The number of hydrazine groups is 2. The van der Waals surface area contributed by atoms with Gasteiger partial charge in [-0.25, -0.2) is 0 Å². The number of aryl methyl sites for hydroxylation is 2. The smallest absolute Gasteiger partial charge is 0.161 e. The molecule has 6 nitrogen and oxygen atoms in total. The van der Waals surface area contributed by atoms with Crippen LogP contribution in [0.3, 0.4) is 0 Å². The highest BCUT2D eigenvalue weighted by molar-refractivity contribution is 7.98. The molecular formula is C54H70N6S. The van der Waals surface area contributed by atoms with Gasteiger partial charge in [0.05, 0.1) is 17.1 Å².